The lowest BCUT2D eigenvalue weighted by atomic mass is 10.1. The smallest absolute Gasteiger partial charge is 0.158 e. The summed E-state index contributed by atoms with van der Waals surface area (Å²) >= 11 is 17.7. The van der Waals surface area contributed by atoms with Gasteiger partial charge in [-0.05, 0) is 18.2 Å². The Morgan fingerprint density at radius 1 is 1.10 bits per heavy atom. The second kappa shape index (κ2) is 4.81. The van der Waals surface area contributed by atoms with Crippen LogP contribution in [0.5, 0.6) is 0 Å². The van der Waals surface area contributed by atoms with E-state index in [9.17, 15) is 4.39 Å². The maximum atomic E-state index is 13.5. The Labute approximate surface area is 128 Å². The molecule has 2 heterocycles. The standard InChI is InChI=1S/C13H7Cl3FN3/c14-7-4-9(16)13-19-11(12(18)20(13)5-7)6-1-2-8(15)10(17)3-6/h1-5H,18H2. The average Bonchev–Trinajstić information content (AvgIpc) is 2.71. The highest BCUT2D eigenvalue weighted by atomic mass is 35.5. The lowest BCUT2D eigenvalue weighted by molar-refractivity contribution is 0.629. The van der Waals surface area contributed by atoms with Crippen LogP contribution in [0, 0.1) is 5.82 Å². The zero-order valence-electron chi connectivity index (χ0n) is 9.87. The third kappa shape index (κ3) is 2.10. The minimum absolute atomic E-state index is 0.0390. The maximum Gasteiger partial charge on any atom is 0.158 e. The number of benzene rings is 1. The summed E-state index contributed by atoms with van der Waals surface area (Å²) in [6.07, 6.45) is 1.60. The molecular weight excluding hydrogens is 324 g/mol. The molecule has 0 amide bonds. The molecule has 0 fully saturated rings. The van der Waals surface area contributed by atoms with E-state index in [2.05, 4.69) is 4.98 Å². The number of nitrogens with zero attached hydrogens (tertiary/aromatic N) is 2. The van der Waals surface area contributed by atoms with E-state index in [4.69, 9.17) is 40.5 Å². The van der Waals surface area contributed by atoms with E-state index in [0.717, 1.165) is 0 Å². The molecule has 0 aliphatic rings. The maximum absolute atomic E-state index is 13.5. The average molecular weight is 331 g/mol. The number of nitrogen functional groups attached to an aromatic ring is 1. The third-order valence-electron chi connectivity index (χ3n) is 2.87. The monoisotopic (exact) mass is 329 g/mol. The van der Waals surface area contributed by atoms with E-state index < -0.39 is 5.82 Å². The molecule has 0 radical (unpaired) electrons. The van der Waals surface area contributed by atoms with Crippen LogP contribution in [-0.2, 0) is 0 Å². The van der Waals surface area contributed by atoms with E-state index in [-0.39, 0.29) is 5.02 Å². The van der Waals surface area contributed by atoms with Crippen molar-refractivity contribution in [3.05, 3.63) is 51.3 Å². The van der Waals surface area contributed by atoms with Gasteiger partial charge in [-0.25, -0.2) is 9.37 Å². The highest BCUT2D eigenvalue weighted by Gasteiger charge is 2.15. The van der Waals surface area contributed by atoms with Crippen LogP contribution in [0.4, 0.5) is 10.2 Å². The molecule has 7 heteroatoms. The summed E-state index contributed by atoms with van der Waals surface area (Å²) < 4.78 is 15.1. The first-order valence-corrected chi connectivity index (χ1v) is 6.69. The molecule has 0 saturated heterocycles. The van der Waals surface area contributed by atoms with Gasteiger partial charge in [-0.3, -0.25) is 4.40 Å². The fraction of sp³-hybridized carbons (Fsp3) is 0. The number of fused-ring (bicyclic) bond motifs is 1. The molecule has 102 valence electrons. The van der Waals surface area contributed by atoms with Crippen LogP contribution >= 0.6 is 34.8 Å². The highest BCUT2D eigenvalue weighted by Crippen LogP contribution is 2.32. The Hall–Kier alpha value is -1.49. The number of halogens is 4. The molecule has 0 unspecified atom stereocenters. The van der Waals surface area contributed by atoms with Crippen molar-refractivity contribution in [3.8, 4) is 11.3 Å². The molecule has 0 atom stereocenters. The summed E-state index contributed by atoms with van der Waals surface area (Å²) in [6, 6.07) is 5.93. The molecule has 20 heavy (non-hydrogen) atoms. The minimum atomic E-state index is -0.537. The number of imidazole rings is 1. The summed E-state index contributed by atoms with van der Waals surface area (Å²) in [5, 5.41) is 0.836. The van der Waals surface area contributed by atoms with Gasteiger partial charge >= 0.3 is 0 Å². The van der Waals surface area contributed by atoms with Crippen molar-refractivity contribution < 1.29 is 4.39 Å². The molecule has 0 aliphatic carbocycles. The lowest BCUT2D eigenvalue weighted by Crippen LogP contribution is -1.94. The number of anilines is 1. The van der Waals surface area contributed by atoms with Gasteiger partial charge in [-0.2, -0.15) is 0 Å². The van der Waals surface area contributed by atoms with Gasteiger partial charge in [-0.15, -0.1) is 0 Å². The zero-order chi connectivity index (χ0) is 14.4. The number of hydrogen-bond acceptors (Lipinski definition) is 2. The van der Waals surface area contributed by atoms with Crippen molar-refractivity contribution in [1.29, 1.82) is 0 Å². The summed E-state index contributed by atoms with van der Waals surface area (Å²) in [5.74, 6) is -0.212. The van der Waals surface area contributed by atoms with Crippen molar-refractivity contribution in [2.75, 3.05) is 5.73 Å². The minimum Gasteiger partial charge on any atom is -0.383 e. The molecule has 2 aromatic heterocycles. The van der Waals surface area contributed by atoms with Gasteiger partial charge in [0, 0.05) is 11.8 Å². The van der Waals surface area contributed by atoms with E-state index in [0.29, 0.717) is 32.8 Å². The van der Waals surface area contributed by atoms with Crippen LogP contribution in [0.15, 0.2) is 30.5 Å². The summed E-state index contributed by atoms with van der Waals surface area (Å²) in [7, 11) is 0. The van der Waals surface area contributed by atoms with Crippen LogP contribution in [0.3, 0.4) is 0 Å². The van der Waals surface area contributed by atoms with E-state index in [1.807, 2.05) is 0 Å². The van der Waals surface area contributed by atoms with Crippen LogP contribution in [0.1, 0.15) is 0 Å². The lowest BCUT2D eigenvalue weighted by Gasteiger charge is -2.01. The van der Waals surface area contributed by atoms with Crippen LogP contribution < -0.4 is 5.73 Å². The Bertz CT molecular complexity index is 829. The number of pyridine rings is 1. The quantitative estimate of drug-likeness (QED) is 0.704. The van der Waals surface area contributed by atoms with Gasteiger partial charge in [0.25, 0.3) is 0 Å². The van der Waals surface area contributed by atoms with E-state index >= 15 is 0 Å². The second-order valence-corrected chi connectivity index (χ2v) is 5.43. The van der Waals surface area contributed by atoms with Gasteiger partial charge in [-0.1, -0.05) is 40.9 Å². The first-order valence-electron chi connectivity index (χ1n) is 5.55. The van der Waals surface area contributed by atoms with Crippen molar-refractivity contribution >= 4 is 46.3 Å². The molecule has 1 aromatic carbocycles. The molecule has 0 saturated carbocycles. The highest BCUT2D eigenvalue weighted by molar-refractivity contribution is 6.36. The molecule has 0 aliphatic heterocycles. The molecule has 3 rings (SSSR count). The summed E-state index contributed by atoms with van der Waals surface area (Å²) in [5.41, 5.74) is 7.42. The normalized spacial score (nSPS) is 11.2. The van der Waals surface area contributed by atoms with Crippen LogP contribution in [-0.4, -0.2) is 9.38 Å². The Balaban J connectivity index is 2.29. The van der Waals surface area contributed by atoms with Crippen LogP contribution in [0.25, 0.3) is 16.9 Å². The first kappa shape index (κ1) is 13.5. The predicted molar refractivity (Wildman–Crippen MR) is 80.0 cm³/mol. The number of rotatable bonds is 1. The predicted octanol–water partition coefficient (Wildman–Crippen LogP) is 4.68. The van der Waals surface area contributed by atoms with Crippen LogP contribution in [0.2, 0.25) is 15.1 Å². The van der Waals surface area contributed by atoms with Gasteiger partial charge in [0.2, 0.25) is 0 Å². The van der Waals surface area contributed by atoms with E-state index in [1.165, 1.54) is 12.1 Å². The first-order chi connectivity index (χ1) is 9.47. The Kier molecular flexibility index (Phi) is 3.24. The van der Waals surface area contributed by atoms with Gasteiger partial charge in [0.15, 0.2) is 5.65 Å². The van der Waals surface area contributed by atoms with Crippen molar-refractivity contribution in [3.63, 3.8) is 0 Å². The summed E-state index contributed by atoms with van der Waals surface area (Å²) in [6.45, 7) is 0. The molecule has 3 aromatic rings. The third-order valence-corrected chi connectivity index (χ3v) is 3.66. The SMILES string of the molecule is Nc1c(-c2ccc(Cl)c(F)c2)nc2c(Cl)cc(Cl)cn12. The largest absolute Gasteiger partial charge is 0.383 e. The van der Waals surface area contributed by atoms with Gasteiger partial charge in [0.1, 0.15) is 17.3 Å². The van der Waals surface area contributed by atoms with Crippen molar-refractivity contribution in [2.45, 2.75) is 0 Å². The Morgan fingerprint density at radius 3 is 2.55 bits per heavy atom. The molecule has 2 N–H and O–H groups in total. The number of aromatic nitrogens is 2. The number of hydrogen-bond donors (Lipinski definition) is 1. The number of nitrogens with two attached hydrogens (primary N) is 1. The Morgan fingerprint density at radius 2 is 1.85 bits per heavy atom. The van der Waals surface area contributed by atoms with Gasteiger partial charge < -0.3 is 5.73 Å². The zero-order valence-corrected chi connectivity index (χ0v) is 12.1. The molecular formula is C13H7Cl3FN3. The fourth-order valence-electron chi connectivity index (χ4n) is 1.95. The topological polar surface area (TPSA) is 43.3 Å². The molecule has 3 nitrogen and oxygen atoms in total. The van der Waals surface area contributed by atoms with Crippen molar-refractivity contribution in [1.82, 2.24) is 9.38 Å². The second-order valence-electron chi connectivity index (χ2n) is 4.17. The molecule has 0 bridgehead atoms. The van der Waals surface area contributed by atoms with Gasteiger partial charge in [0.05, 0.1) is 15.1 Å². The summed E-state index contributed by atoms with van der Waals surface area (Å²) in [4.78, 5) is 4.33. The fourth-order valence-corrected chi connectivity index (χ4v) is 2.58. The van der Waals surface area contributed by atoms with Crippen molar-refractivity contribution in [2.24, 2.45) is 0 Å². The molecule has 0 spiro atoms. The van der Waals surface area contributed by atoms with E-state index in [1.54, 1.807) is 22.7 Å².